The van der Waals surface area contributed by atoms with Gasteiger partial charge in [0.05, 0.1) is 35.3 Å². The maximum atomic E-state index is 13.7. The van der Waals surface area contributed by atoms with Gasteiger partial charge in [0, 0.05) is 11.4 Å². The zero-order valence-electron chi connectivity index (χ0n) is 16.4. The molecule has 1 aliphatic rings. The van der Waals surface area contributed by atoms with Crippen LogP contribution in [0.2, 0.25) is 0 Å². The monoisotopic (exact) mass is 410 g/mol. The van der Waals surface area contributed by atoms with Gasteiger partial charge in [-0.3, -0.25) is 0 Å². The van der Waals surface area contributed by atoms with Gasteiger partial charge in [0.1, 0.15) is 5.82 Å². The molecule has 4 nitrogen and oxygen atoms in total. The normalized spacial score (nSPS) is 17.1. The molecular weight excluding hydrogens is 388 g/mol. The number of carbonyl (C=O) groups excluding carboxylic acids is 1. The standard InChI is InChI=1S/C21H22F4N2O2/c1-4-6-17-19(20(28)29-9-5-2)18(15(11-26)12(3)27-17)14-8-7-13(22)10-16(14)21(23,24)25/h7-8,10,18,27H,4-6,9H2,1-3H3. The van der Waals surface area contributed by atoms with Crippen molar-refractivity contribution in [3.8, 4) is 6.07 Å². The molecule has 0 radical (unpaired) electrons. The highest BCUT2D eigenvalue weighted by atomic mass is 19.4. The van der Waals surface area contributed by atoms with Crippen LogP contribution in [0, 0.1) is 17.1 Å². The smallest absolute Gasteiger partial charge is 0.416 e. The molecule has 0 saturated heterocycles. The summed E-state index contributed by atoms with van der Waals surface area (Å²) in [5.74, 6) is -3.14. The average Bonchev–Trinajstić information content (AvgIpc) is 2.65. The van der Waals surface area contributed by atoms with Crippen LogP contribution < -0.4 is 5.32 Å². The fourth-order valence-electron chi connectivity index (χ4n) is 3.34. The predicted molar refractivity (Wildman–Crippen MR) is 98.8 cm³/mol. The molecular formula is C21H22F4N2O2. The van der Waals surface area contributed by atoms with Crippen molar-refractivity contribution < 1.29 is 27.1 Å². The van der Waals surface area contributed by atoms with Crippen molar-refractivity contribution in [3.05, 3.63) is 57.7 Å². The lowest BCUT2D eigenvalue weighted by atomic mass is 9.78. The van der Waals surface area contributed by atoms with Gasteiger partial charge in [-0.25, -0.2) is 9.18 Å². The second-order valence-electron chi connectivity index (χ2n) is 6.72. The van der Waals surface area contributed by atoms with Gasteiger partial charge in [-0.2, -0.15) is 18.4 Å². The maximum absolute atomic E-state index is 13.7. The number of benzene rings is 1. The van der Waals surface area contributed by atoms with Gasteiger partial charge >= 0.3 is 12.1 Å². The lowest BCUT2D eigenvalue weighted by Crippen LogP contribution is -2.31. The third-order valence-electron chi connectivity index (χ3n) is 4.55. The lowest BCUT2D eigenvalue weighted by molar-refractivity contribution is -0.141. The summed E-state index contributed by atoms with van der Waals surface area (Å²) in [7, 11) is 0. The fourth-order valence-corrected chi connectivity index (χ4v) is 3.34. The summed E-state index contributed by atoms with van der Waals surface area (Å²) in [6.45, 7) is 5.30. The van der Waals surface area contributed by atoms with Crippen LogP contribution in [0.1, 0.15) is 57.1 Å². The predicted octanol–water partition coefficient (Wildman–Crippen LogP) is 5.34. The van der Waals surface area contributed by atoms with E-state index in [4.69, 9.17) is 4.74 Å². The Labute approximate surface area is 166 Å². The number of hydrogen-bond acceptors (Lipinski definition) is 4. The number of allylic oxidation sites excluding steroid dienone is 3. The van der Waals surface area contributed by atoms with Crippen LogP contribution >= 0.6 is 0 Å². The Hall–Kier alpha value is -2.82. The summed E-state index contributed by atoms with van der Waals surface area (Å²) in [5.41, 5.74) is -0.891. The third kappa shape index (κ3) is 4.78. The van der Waals surface area contributed by atoms with Gasteiger partial charge in [-0.1, -0.05) is 26.3 Å². The van der Waals surface area contributed by atoms with Gasteiger partial charge < -0.3 is 10.1 Å². The third-order valence-corrected chi connectivity index (χ3v) is 4.55. The Morgan fingerprint density at radius 3 is 2.52 bits per heavy atom. The summed E-state index contributed by atoms with van der Waals surface area (Å²) < 4.78 is 59.9. The number of nitriles is 1. The first-order valence-corrected chi connectivity index (χ1v) is 9.30. The summed E-state index contributed by atoms with van der Waals surface area (Å²) in [6, 6.07) is 4.17. The Bertz CT molecular complexity index is 895. The first kappa shape index (κ1) is 22.5. The highest BCUT2D eigenvalue weighted by Crippen LogP contribution is 2.44. The molecule has 2 rings (SSSR count). The molecule has 1 aromatic rings. The van der Waals surface area contributed by atoms with E-state index in [0.717, 1.165) is 12.1 Å². The molecule has 8 heteroatoms. The maximum Gasteiger partial charge on any atom is 0.416 e. The number of ether oxygens (including phenoxy) is 1. The van der Waals surface area contributed by atoms with E-state index >= 15 is 0 Å². The number of halogens is 4. The average molecular weight is 410 g/mol. The van der Waals surface area contributed by atoms with E-state index in [1.54, 1.807) is 13.8 Å². The second-order valence-corrected chi connectivity index (χ2v) is 6.72. The molecule has 0 aromatic heterocycles. The van der Waals surface area contributed by atoms with Crippen molar-refractivity contribution in [2.75, 3.05) is 6.61 Å². The van der Waals surface area contributed by atoms with Crippen LogP contribution in [0.4, 0.5) is 17.6 Å². The zero-order chi connectivity index (χ0) is 21.8. The highest BCUT2D eigenvalue weighted by molar-refractivity contribution is 5.93. The number of nitrogens with zero attached hydrogens (tertiary/aromatic N) is 1. The van der Waals surface area contributed by atoms with Crippen LogP contribution in [-0.4, -0.2) is 12.6 Å². The van der Waals surface area contributed by atoms with Gasteiger partial charge in [0.2, 0.25) is 0 Å². The van der Waals surface area contributed by atoms with Crippen molar-refractivity contribution in [1.29, 1.82) is 5.26 Å². The van der Waals surface area contributed by atoms with Gasteiger partial charge in [0.25, 0.3) is 0 Å². The summed E-state index contributed by atoms with van der Waals surface area (Å²) in [5, 5.41) is 12.6. The van der Waals surface area contributed by atoms with Crippen LogP contribution in [0.3, 0.4) is 0 Å². The SMILES string of the molecule is CCCOC(=O)C1=C(CCC)NC(C)=C(C#N)C1c1ccc(F)cc1C(F)(F)F. The molecule has 0 amide bonds. The van der Waals surface area contributed by atoms with Gasteiger partial charge in [0.15, 0.2) is 0 Å². The van der Waals surface area contributed by atoms with E-state index < -0.39 is 29.4 Å². The minimum atomic E-state index is -4.86. The first-order chi connectivity index (χ1) is 13.6. The fraction of sp³-hybridized carbons (Fsp3) is 0.429. The Kier molecular flexibility index (Phi) is 7.07. The highest BCUT2D eigenvalue weighted by Gasteiger charge is 2.41. The summed E-state index contributed by atoms with van der Waals surface area (Å²) in [4.78, 5) is 12.8. The van der Waals surface area contributed by atoms with E-state index in [0.29, 0.717) is 36.7 Å². The number of nitrogens with one attached hydrogen (secondary N) is 1. The van der Waals surface area contributed by atoms with E-state index in [1.807, 2.05) is 13.0 Å². The van der Waals surface area contributed by atoms with Crippen molar-refractivity contribution in [2.24, 2.45) is 0 Å². The first-order valence-electron chi connectivity index (χ1n) is 9.30. The van der Waals surface area contributed by atoms with Crippen LogP contribution in [0.5, 0.6) is 0 Å². The Morgan fingerprint density at radius 2 is 1.97 bits per heavy atom. The Balaban J connectivity index is 2.79. The van der Waals surface area contributed by atoms with Crippen molar-refractivity contribution >= 4 is 5.97 Å². The van der Waals surface area contributed by atoms with Crippen LogP contribution in [-0.2, 0) is 15.7 Å². The minimum absolute atomic E-state index is 0.0367. The molecule has 0 fully saturated rings. The summed E-state index contributed by atoms with van der Waals surface area (Å²) >= 11 is 0. The van der Waals surface area contributed by atoms with E-state index in [2.05, 4.69) is 5.32 Å². The number of dihydropyridines is 1. The van der Waals surface area contributed by atoms with Crippen molar-refractivity contribution in [1.82, 2.24) is 5.32 Å². The lowest BCUT2D eigenvalue weighted by Gasteiger charge is -2.31. The molecule has 1 atom stereocenters. The Morgan fingerprint density at radius 1 is 1.28 bits per heavy atom. The molecule has 1 aromatic carbocycles. The molecule has 0 saturated carbocycles. The molecule has 0 spiro atoms. The number of rotatable bonds is 6. The molecule has 0 bridgehead atoms. The molecule has 0 aliphatic carbocycles. The number of alkyl halides is 3. The molecule has 29 heavy (non-hydrogen) atoms. The number of esters is 1. The van der Waals surface area contributed by atoms with Crippen LogP contribution in [0.15, 0.2) is 40.7 Å². The molecule has 1 aliphatic heterocycles. The van der Waals surface area contributed by atoms with Gasteiger partial charge in [-0.05, 0) is 37.5 Å². The number of carbonyl (C=O) groups is 1. The van der Waals surface area contributed by atoms with Crippen molar-refractivity contribution in [2.45, 2.75) is 52.1 Å². The van der Waals surface area contributed by atoms with Crippen LogP contribution in [0.25, 0.3) is 0 Å². The van der Waals surface area contributed by atoms with Crippen molar-refractivity contribution in [3.63, 3.8) is 0 Å². The quantitative estimate of drug-likeness (QED) is 0.508. The zero-order valence-corrected chi connectivity index (χ0v) is 16.4. The van der Waals surface area contributed by atoms with Gasteiger partial charge in [-0.15, -0.1) is 0 Å². The van der Waals surface area contributed by atoms with E-state index in [9.17, 15) is 27.6 Å². The summed E-state index contributed by atoms with van der Waals surface area (Å²) in [6.07, 6.45) is -3.33. The number of hydrogen-bond donors (Lipinski definition) is 1. The largest absolute Gasteiger partial charge is 0.462 e. The molecule has 1 unspecified atom stereocenters. The minimum Gasteiger partial charge on any atom is -0.462 e. The molecule has 1 N–H and O–H groups in total. The van der Waals surface area contributed by atoms with E-state index in [1.165, 1.54) is 0 Å². The second kappa shape index (κ2) is 9.12. The van der Waals surface area contributed by atoms with E-state index in [-0.39, 0.29) is 23.3 Å². The molecule has 156 valence electrons. The molecule has 1 heterocycles. The topological polar surface area (TPSA) is 62.1 Å².